The van der Waals surface area contributed by atoms with Crippen molar-refractivity contribution in [3.8, 4) is 0 Å². The highest BCUT2D eigenvalue weighted by Crippen LogP contribution is 2.29. The first-order valence-electron chi connectivity index (χ1n) is 11.2. The van der Waals surface area contributed by atoms with Crippen LogP contribution in [0.5, 0.6) is 0 Å². The number of likely N-dealkylation sites (tertiary alicyclic amines) is 1. The number of benzene rings is 2. The fourth-order valence-corrected chi connectivity index (χ4v) is 4.64. The van der Waals surface area contributed by atoms with Crippen LogP contribution in [0, 0.1) is 12.7 Å². The molecule has 5 heteroatoms. The topological polar surface area (TPSA) is 33.4 Å². The molecule has 1 fully saturated rings. The second kappa shape index (κ2) is 9.05. The lowest BCUT2D eigenvalue weighted by atomic mass is 9.94. The standard InChI is InChI=1S/C27H27FN4/c1-20-24(14-13-21-8-3-2-4-9-21)27-29-16-15-26(32(27)30-20)23-11-7-17-31(19-23)18-22-10-5-6-12-25(22)28/h2-6,8-10,12-16,23H,7,11,17-19H2,1H3. The van der Waals surface area contributed by atoms with Crippen molar-refractivity contribution < 1.29 is 4.39 Å². The molecule has 5 rings (SSSR count). The van der Waals surface area contributed by atoms with E-state index in [2.05, 4.69) is 40.2 Å². The van der Waals surface area contributed by atoms with Crippen molar-refractivity contribution in [1.29, 1.82) is 0 Å². The summed E-state index contributed by atoms with van der Waals surface area (Å²) in [5.74, 6) is 0.213. The molecular weight excluding hydrogens is 399 g/mol. The van der Waals surface area contributed by atoms with Gasteiger partial charge in [-0.05, 0) is 50.1 Å². The molecule has 4 nitrogen and oxygen atoms in total. The van der Waals surface area contributed by atoms with E-state index < -0.39 is 0 Å². The minimum absolute atomic E-state index is 0.126. The monoisotopic (exact) mass is 426 g/mol. The van der Waals surface area contributed by atoms with Crippen LogP contribution >= 0.6 is 0 Å². The molecule has 1 aliphatic heterocycles. The van der Waals surface area contributed by atoms with Crippen molar-refractivity contribution in [3.63, 3.8) is 0 Å². The van der Waals surface area contributed by atoms with Crippen LogP contribution in [0.1, 0.15) is 46.8 Å². The predicted molar refractivity (Wildman–Crippen MR) is 127 cm³/mol. The van der Waals surface area contributed by atoms with Crippen molar-refractivity contribution in [2.75, 3.05) is 13.1 Å². The van der Waals surface area contributed by atoms with Crippen molar-refractivity contribution in [2.24, 2.45) is 0 Å². The van der Waals surface area contributed by atoms with Crippen LogP contribution in [0.25, 0.3) is 17.8 Å². The molecule has 1 atom stereocenters. The summed E-state index contributed by atoms with van der Waals surface area (Å²) in [5, 5.41) is 4.85. The molecule has 0 amide bonds. The van der Waals surface area contributed by atoms with Crippen LogP contribution < -0.4 is 0 Å². The quantitative estimate of drug-likeness (QED) is 0.409. The van der Waals surface area contributed by atoms with Gasteiger partial charge >= 0.3 is 0 Å². The van der Waals surface area contributed by atoms with Gasteiger partial charge in [0, 0.05) is 36.3 Å². The normalized spacial score (nSPS) is 17.4. The van der Waals surface area contributed by atoms with Gasteiger partial charge in [-0.2, -0.15) is 5.10 Å². The first-order chi connectivity index (χ1) is 15.7. The number of hydrogen-bond donors (Lipinski definition) is 0. The number of aryl methyl sites for hydroxylation is 1. The maximum Gasteiger partial charge on any atom is 0.162 e. The summed E-state index contributed by atoms with van der Waals surface area (Å²) >= 11 is 0. The smallest absolute Gasteiger partial charge is 0.162 e. The van der Waals surface area contributed by atoms with Crippen molar-refractivity contribution in [3.05, 3.63) is 101 Å². The van der Waals surface area contributed by atoms with Gasteiger partial charge in [0.1, 0.15) is 5.82 Å². The Bertz CT molecular complexity index is 1250. The van der Waals surface area contributed by atoms with E-state index in [4.69, 9.17) is 5.10 Å². The van der Waals surface area contributed by atoms with Gasteiger partial charge in [-0.25, -0.2) is 13.9 Å². The second-order valence-corrected chi connectivity index (χ2v) is 8.51. The van der Waals surface area contributed by atoms with Gasteiger partial charge in [0.2, 0.25) is 0 Å². The van der Waals surface area contributed by atoms with Crippen LogP contribution in [0.15, 0.2) is 66.9 Å². The molecule has 1 aliphatic rings. The van der Waals surface area contributed by atoms with E-state index in [-0.39, 0.29) is 5.82 Å². The highest BCUT2D eigenvalue weighted by molar-refractivity contribution is 5.77. The molecule has 2 aromatic heterocycles. The average Bonchev–Trinajstić information content (AvgIpc) is 3.15. The van der Waals surface area contributed by atoms with Crippen LogP contribution in [0.4, 0.5) is 4.39 Å². The number of rotatable bonds is 5. The predicted octanol–water partition coefficient (Wildman–Crippen LogP) is 5.73. The summed E-state index contributed by atoms with van der Waals surface area (Å²) in [4.78, 5) is 7.01. The highest BCUT2D eigenvalue weighted by Gasteiger charge is 2.25. The summed E-state index contributed by atoms with van der Waals surface area (Å²) in [7, 11) is 0. The minimum Gasteiger partial charge on any atom is -0.298 e. The summed E-state index contributed by atoms with van der Waals surface area (Å²) < 4.78 is 16.2. The molecule has 0 bridgehead atoms. The average molecular weight is 427 g/mol. The Labute approximate surface area is 188 Å². The Morgan fingerprint density at radius 3 is 2.69 bits per heavy atom. The van der Waals surface area contributed by atoms with Crippen LogP contribution in [0.3, 0.4) is 0 Å². The van der Waals surface area contributed by atoms with E-state index in [1.165, 1.54) is 5.69 Å². The molecule has 1 unspecified atom stereocenters. The Kier molecular flexibility index (Phi) is 5.82. The maximum atomic E-state index is 14.2. The minimum atomic E-state index is -0.126. The Morgan fingerprint density at radius 1 is 1.03 bits per heavy atom. The van der Waals surface area contributed by atoms with Gasteiger partial charge in [-0.15, -0.1) is 0 Å². The molecule has 0 radical (unpaired) electrons. The second-order valence-electron chi connectivity index (χ2n) is 8.51. The Morgan fingerprint density at radius 2 is 1.84 bits per heavy atom. The fourth-order valence-electron chi connectivity index (χ4n) is 4.64. The molecule has 3 heterocycles. The zero-order valence-corrected chi connectivity index (χ0v) is 18.3. The lowest BCUT2D eigenvalue weighted by Crippen LogP contribution is -2.34. The molecule has 4 aromatic rings. The van der Waals surface area contributed by atoms with E-state index in [9.17, 15) is 4.39 Å². The van der Waals surface area contributed by atoms with Crippen molar-refractivity contribution >= 4 is 17.8 Å². The molecule has 162 valence electrons. The molecule has 0 spiro atoms. The fraction of sp³-hybridized carbons (Fsp3) is 0.259. The lowest BCUT2D eigenvalue weighted by Gasteiger charge is -2.33. The zero-order chi connectivity index (χ0) is 21.9. The summed E-state index contributed by atoms with van der Waals surface area (Å²) in [6.07, 6.45) is 8.29. The van der Waals surface area contributed by atoms with Crippen LogP contribution in [-0.2, 0) is 6.54 Å². The molecule has 0 aliphatic carbocycles. The van der Waals surface area contributed by atoms with E-state index in [1.807, 2.05) is 48.0 Å². The SMILES string of the molecule is Cc1nn2c(C3CCCN(Cc4ccccc4F)C3)ccnc2c1C=Cc1ccccc1. The molecule has 1 saturated heterocycles. The molecule has 0 saturated carbocycles. The van der Waals surface area contributed by atoms with E-state index in [1.54, 1.807) is 12.1 Å². The largest absolute Gasteiger partial charge is 0.298 e. The zero-order valence-electron chi connectivity index (χ0n) is 18.3. The van der Waals surface area contributed by atoms with Gasteiger partial charge in [-0.1, -0.05) is 54.6 Å². The first-order valence-corrected chi connectivity index (χ1v) is 11.2. The van der Waals surface area contributed by atoms with Gasteiger partial charge in [0.25, 0.3) is 0 Å². The van der Waals surface area contributed by atoms with Crippen molar-refractivity contribution in [2.45, 2.75) is 32.2 Å². The third kappa shape index (κ3) is 4.21. The van der Waals surface area contributed by atoms with Gasteiger partial charge in [-0.3, -0.25) is 4.90 Å². The Hall–Kier alpha value is -3.31. The molecule has 2 aromatic carbocycles. The Balaban J connectivity index is 1.42. The van der Waals surface area contributed by atoms with E-state index in [0.717, 1.165) is 54.0 Å². The number of aromatic nitrogens is 3. The first kappa shape index (κ1) is 20.6. The third-order valence-corrected chi connectivity index (χ3v) is 6.29. The number of nitrogens with zero attached hydrogens (tertiary/aromatic N) is 4. The summed E-state index contributed by atoms with van der Waals surface area (Å²) in [5.41, 5.74) is 6.00. The van der Waals surface area contributed by atoms with Gasteiger partial charge in [0.15, 0.2) is 5.65 Å². The number of fused-ring (bicyclic) bond motifs is 1. The van der Waals surface area contributed by atoms with Crippen LogP contribution in [-0.4, -0.2) is 32.6 Å². The summed E-state index contributed by atoms with van der Waals surface area (Å²) in [6.45, 7) is 4.55. The molecule has 32 heavy (non-hydrogen) atoms. The van der Waals surface area contributed by atoms with Gasteiger partial charge in [0.05, 0.1) is 11.4 Å². The maximum absolute atomic E-state index is 14.2. The van der Waals surface area contributed by atoms with E-state index >= 15 is 0 Å². The number of halogens is 1. The highest BCUT2D eigenvalue weighted by atomic mass is 19.1. The number of piperidine rings is 1. The molecule has 0 N–H and O–H groups in total. The van der Waals surface area contributed by atoms with E-state index in [0.29, 0.717) is 12.5 Å². The number of hydrogen-bond acceptors (Lipinski definition) is 3. The van der Waals surface area contributed by atoms with Crippen molar-refractivity contribution in [1.82, 2.24) is 19.5 Å². The van der Waals surface area contributed by atoms with Crippen LogP contribution in [0.2, 0.25) is 0 Å². The third-order valence-electron chi connectivity index (χ3n) is 6.29. The van der Waals surface area contributed by atoms with Gasteiger partial charge < -0.3 is 0 Å². The summed E-state index contributed by atoms with van der Waals surface area (Å²) in [6, 6.07) is 19.4. The lowest BCUT2D eigenvalue weighted by molar-refractivity contribution is 0.195. The molecular formula is C27H27FN4.